The molecular formula is C19H20N6O. The minimum atomic E-state index is -0.0497. The summed E-state index contributed by atoms with van der Waals surface area (Å²) in [6, 6.07) is 10.0. The minimum absolute atomic E-state index is 0.0497. The molecule has 3 aromatic rings. The second kappa shape index (κ2) is 7.43. The van der Waals surface area contributed by atoms with Crippen LogP contribution in [0.3, 0.4) is 0 Å². The summed E-state index contributed by atoms with van der Waals surface area (Å²) < 4.78 is 1.88. The molecule has 0 radical (unpaired) electrons. The minimum Gasteiger partial charge on any atom is -0.337 e. The molecular weight excluding hydrogens is 328 g/mol. The van der Waals surface area contributed by atoms with E-state index in [0.29, 0.717) is 18.2 Å². The molecule has 1 aliphatic rings. The van der Waals surface area contributed by atoms with Gasteiger partial charge in [-0.05, 0) is 18.8 Å². The number of aromatic nitrogens is 5. The molecule has 2 aromatic heterocycles. The van der Waals surface area contributed by atoms with Crippen LogP contribution in [0.15, 0.2) is 55.1 Å². The van der Waals surface area contributed by atoms with Crippen molar-refractivity contribution >= 4 is 5.91 Å². The van der Waals surface area contributed by atoms with Crippen molar-refractivity contribution in [2.24, 2.45) is 5.92 Å². The third kappa shape index (κ3) is 3.61. The summed E-state index contributed by atoms with van der Waals surface area (Å²) in [7, 11) is 0. The zero-order valence-corrected chi connectivity index (χ0v) is 14.4. The Morgan fingerprint density at radius 1 is 1.19 bits per heavy atom. The van der Waals surface area contributed by atoms with Gasteiger partial charge in [0.25, 0.3) is 5.91 Å². The number of rotatable bonds is 4. The van der Waals surface area contributed by atoms with Gasteiger partial charge in [0, 0.05) is 37.6 Å². The van der Waals surface area contributed by atoms with E-state index in [2.05, 4.69) is 20.3 Å². The van der Waals surface area contributed by atoms with Gasteiger partial charge in [0.15, 0.2) is 0 Å². The number of carbonyl (C=O) groups is 1. The molecule has 0 N–H and O–H groups in total. The van der Waals surface area contributed by atoms with Gasteiger partial charge in [-0.1, -0.05) is 35.5 Å². The fourth-order valence-corrected chi connectivity index (χ4v) is 3.36. The zero-order valence-electron chi connectivity index (χ0n) is 14.4. The first kappa shape index (κ1) is 16.4. The van der Waals surface area contributed by atoms with Gasteiger partial charge in [0.1, 0.15) is 11.4 Å². The first-order chi connectivity index (χ1) is 12.8. The highest BCUT2D eigenvalue weighted by atomic mass is 16.2. The first-order valence-corrected chi connectivity index (χ1v) is 8.80. The maximum absolute atomic E-state index is 12.6. The van der Waals surface area contributed by atoms with Crippen molar-refractivity contribution in [2.45, 2.75) is 19.4 Å². The molecule has 0 bridgehead atoms. The van der Waals surface area contributed by atoms with Gasteiger partial charge >= 0.3 is 0 Å². The summed E-state index contributed by atoms with van der Waals surface area (Å²) in [5, 5.41) is 8.52. The summed E-state index contributed by atoms with van der Waals surface area (Å²) in [5.41, 5.74) is 2.33. The highest BCUT2D eigenvalue weighted by Crippen LogP contribution is 2.21. The summed E-state index contributed by atoms with van der Waals surface area (Å²) in [6.07, 6.45) is 8.68. The molecule has 0 unspecified atom stereocenters. The Hall–Kier alpha value is -3.09. The van der Waals surface area contributed by atoms with Crippen molar-refractivity contribution in [1.29, 1.82) is 0 Å². The van der Waals surface area contributed by atoms with Gasteiger partial charge in [0.05, 0.1) is 12.4 Å². The summed E-state index contributed by atoms with van der Waals surface area (Å²) in [6.45, 7) is 2.22. The molecule has 4 rings (SSSR count). The van der Waals surface area contributed by atoms with E-state index in [4.69, 9.17) is 0 Å². The lowest BCUT2D eigenvalue weighted by atomic mass is 9.98. The summed E-state index contributed by atoms with van der Waals surface area (Å²) in [5.74, 6) is 0.307. The van der Waals surface area contributed by atoms with E-state index in [9.17, 15) is 4.79 Å². The highest BCUT2D eigenvalue weighted by molar-refractivity contribution is 5.92. The second-order valence-corrected chi connectivity index (χ2v) is 6.54. The standard InChI is InChI=1S/C19H20N6O/c26-19(17-11-20-8-9-21-17)24-10-4-5-15(12-24)13-25-14-18(22-23-25)16-6-2-1-3-7-16/h1-3,6-9,11,14-15H,4-5,10,12-13H2/t15-/m1/s1. The van der Waals surface area contributed by atoms with Crippen LogP contribution in [0.1, 0.15) is 23.3 Å². The predicted octanol–water partition coefficient (Wildman–Crippen LogP) is 2.29. The predicted molar refractivity (Wildman–Crippen MR) is 96.1 cm³/mol. The molecule has 1 aromatic carbocycles. The third-order valence-electron chi connectivity index (χ3n) is 4.64. The molecule has 0 saturated carbocycles. The normalized spacial score (nSPS) is 17.2. The van der Waals surface area contributed by atoms with Crippen LogP contribution in [0, 0.1) is 5.92 Å². The smallest absolute Gasteiger partial charge is 0.274 e. The van der Waals surface area contributed by atoms with Crippen LogP contribution in [-0.4, -0.2) is 48.9 Å². The van der Waals surface area contributed by atoms with Crippen LogP contribution < -0.4 is 0 Å². The maximum Gasteiger partial charge on any atom is 0.274 e. The Morgan fingerprint density at radius 2 is 2.08 bits per heavy atom. The van der Waals surface area contributed by atoms with Crippen LogP contribution >= 0.6 is 0 Å². The zero-order chi connectivity index (χ0) is 17.8. The number of carbonyl (C=O) groups excluding carboxylic acids is 1. The molecule has 0 aliphatic carbocycles. The van der Waals surface area contributed by atoms with E-state index in [-0.39, 0.29) is 5.91 Å². The molecule has 7 nitrogen and oxygen atoms in total. The number of benzene rings is 1. The largest absolute Gasteiger partial charge is 0.337 e. The van der Waals surface area contributed by atoms with Crippen molar-refractivity contribution in [3.63, 3.8) is 0 Å². The number of amides is 1. The molecule has 1 fully saturated rings. The number of hydrogen-bond acceptors (Lipinski definition) is 5. The molecule has 1 atom stereocenters. The van der Waals surface area contributed by atoms with Gasteiger partial charge < -0.3 is 4.90 Å². The lowest BCUT2D eigenvalue weighted by Gasteiger charge is -2.32. The van der Waals surface area contributed by atoms with Crippen molar-refractivity contribution in [3.8, 4) is 11.3 Å². The van der Waals surface area contributed by atoms with E-state index >= 15 is 0 Å². The van der Waals surface area contributed by atoms with Crippen LogP contribution in [0.25, 0.3) is 11.3 Å². The number of likely N-dealkylation sites (tertiary alicyclic amines) is 1. The SMILES string of the molecule is O=C(c1cnccn1)N1CCC[C@@H](Cn2cc(-c3ccccc3)nn2)C1. The maximum atomic E-state index is 12.6. The van der Waals surface area contributed by atoms with Crippen LogP contribution in [0.4, 0.5) is 0 Å². The Morgan fingerprint density at radius 3 is 2.88 bits per heavy atom. The highest BCUT2D eigenvalue weighted by Gasteiger charge is 2.25. The Bertz CT molecular complexity index is 864. The topological polar surface area (TPSA) is 76.8 Å². The van der Waals surface area contributed by atoms with Crippen LogP contribution in [0.5, 0.6) is 0 Å². The Labute approximate surface area is 151 Å². The van der Waals surface area contributed by atoms with E-state index in [1.165, 1.54) is 6.20 Å². The average Bonchev–Trinajstić information content (AvgIpc) is 3.17. The first-order valence-electron chi connectivity index (χ1n) is 8.80. The molecule has 1 aliphatic heterocycles. The molecule has 7 heteroatoms. The summed E-state index contributed by atoms with van der Waals surface area (Å²) >= 11 is 0. The van der Waals surface area contributed by atoms with E-state index in [1.807, 2.05) is 46.1 Å². The van der Waals surface area contributed by atoms with Crippen LogP contribution in [0.2, 0.25) is 0 Å². The number of nitrogens with zero attached hydrogens (tertiary/aromatic N) is 6. The molecule has 26 heavy (non-hydrogen) atoms. The van der Waals surface area contributed by atoms with Gasteiger partial charge in [-0.15, -0.1) is 5.10 Å². The second-order valence-electron chi connectivity index (χ2n) is 6.54. The fourth-order valence-electron chi connectivity index (χ4n) is 3.36. The number of piperidine rings is 1. The third-order valence-corrected chi connectivity index (χ3v) is 4.64. The lowest BCUT2D eigenvalue weighted by molar-refractivity contribution is 0.0653. The average molecular weight is 348 g/mol. The molecule has 132 valence electrons. The summed E-state index contributed by atoms with van der Waals surface area (Å²) in [4.78, 5) is 22.5. The lowest BCUT2D eigenvalue weighted by Crippen LogP contribution is -2.41. The Balaban J connectivity index is 1.41. The molecule has 1 amide bonds. The fraction of sp³-hybridized carbons (Fsp3) is 0.316. The number of hydrogen-bond donors (Lipinski definition) is 0. The van der Waals surface area contributed by atoms with E-state index < -0.39 is 0 Å². The van der Waals surface area contributed by atoms with Crippen molar-refractivity contribution in [3.05, 3.63) is 60.8 Å². The van der Waals surface area contributed by atoms with Gasteiger partial charge in [0.2, 0.25) is 0 Å². The van der Waals surface area contributed by atoms with Gasteiger partial charge in [-0.2, -0.15) is 0 Å². The molecule has 3 heterocycles. The van der Waals surface area contributed by atoms with Crippen molar-refractivity contribution in [2.75, 3.05) is 13.1 Å². The van der Waals surface area contributed by atoms with Crippen LogP contribution in [-0.2, 0) is 6.54 Å². The molecule has 0 spiro atoms. The van der Waals surface area contributed by atoms with E-state index in [0.717, 1.165) is 37.2 Å². The van der Waals surface area contributed by atoms with Crippen molar-refractivity contribution in [1.82, 2.24) is 29.9 Å². The Kier molecular flexibility index (Phi) is 4.68. The van der Waals surface area contributed by atoms with Gasteiger partial charge in [-0.3, -0.25) is 14.5 Å². The van der Waals surface area contributed by atoms with Crippen molar-refractivity contribution < 1.29 is 4.79 Å². The quantitative estimate of drug-likeness (QED) is 0.723. The van der Waals surface area contributed by atoms with Gasteiger partial charge in [-0.25, -0.2) is 4.98 Å². The monoisotopic (exact) mass is 348 g/mol. The van der Waals surface area contributed by atoms with E-state index in [1.54, 1.807) is 12.4 Å². The molecule has 1 saturated heterocycles.